The molecule has 2 N–H and O–H groups in total. The van der Waals surface area contributed by atoms with E-state index in [2.05, 4.69) is 10.0 Å². The summed E-state index contributed by atoms with van der Waals surface area (Å²) in [6.45, 7) is 1.50. The quantitative estimate of drug-likeness (QED) is 0.633. The molecule has 0 bridgehead atoms. The predicted molar refractivity (Wildman–Crippen MR) is 61.1 cm³/mol. The predicted octanol–water partition coefficient (Wildman–Crippen LogP) is -0.122. The molecule has 1 heterocycles. The van der Waals surface area contributed by atoms with E-state index >= 15 is 0 Å². The lowest BCUT2D eigenvalue weighted by atomic mass is 10.1. The van der Waals surface area contributed by atoms with Crippen molar-refractivity contribution in [2.24, 2.45) is 5.92 Å². The molecule has 0 aliphatic carbocycles. The Balaban J connectivity index is 2.04. The van der Waals surface area contributed by atoms with E-state index in [1.807, 2.05) is 11.8 Å². The lowest BCUT2D eigenvalue weighted by Crippen LogP contribution is -2.32. The zero-order valence-electron chi connectivity index (χ0n) is 8.45. The Bertz CT molecular complexity index is 248. The van der Waals surface area contributed by atoms with Crippen LogP contribution in [-0.4, -0.2) is 45.8 Å². The molecule has 6 heteroatoms. The van der Waals surface area contributed by atoms with Crippen LogP contribution in [0.4, 0.5) is 0 Å². The minimum Gasteiger partial charge on any atom is -0.315 e. The van der Waals surface area contributed by atoms with Crippen LogP contribution >= 0.6 is 11.8 Å². The summed E-state index contributed by atoms with van der Waals surface area (Å²) >= 11 is 1.98. The van der Waals surface area contributed by atoms with E-state index in [1.54, 1.807) is 0 Å². The van der Waals surface area contributed by atoms with Gasteiger partial charge in [-0.2, -0.15) is 11.8 Å². The van der Waals surface area contributed by atoms with E-state index in [1.165, 1.54) is 25.0 Å². The largest absolute Gasteiger partial charge is 0.315 e. The molecule has 1 saturated heterocycles. The zero-order valence-corrected chi connectivity index (χ0v) is 10.1. The van der Waals surface area contributed by atoms with Gasteiger partial charge in [-0.1, -0.05) is 0 Å². The van der Waals surface area contributed by atoms with E-state index in [-0.39, 0.29) is 5.75 Å². The van der Waals surface area contributed by atoms with Crippen LogP contribution < -0.4 is 10.0 Å². The monoisotopic (exact) mass is 238 g/mol. The van der Waals surface area contributed by atoms with Crippen molar-refractivity contribution >= 4 is 21.8 Å². The van der Waals surface area contributed by atoms with Crippen molar-refractivity contribution in [3.8, 4) is 0 Å². The first-order valence-corrected chi connectivity index (χ1v) is 7.64. The number of hydrogen-bond donors (Lipinski definition) is 2. The van der Waals surface area contributed by atoms with E-state index < -0.39 is 10.0 Å². The van der Waals surface area contributed by atoms with Gasteiger partial charge in [0.25, 0.3) is 0 Å². The van der Waals surface area contributed by atoms with Crippen LogP contribution in [-0.2, 0) is 10.0 Å². The van der Waals surface area contributed by atoms with Gasteiger partial charge in [0.15, 0.2) is 0 Å². The van der Waals surface area contributed by atoms with Gasteiger partial charge in [0, 0.05) is 6.54 Å². The van der Waals surface area contributed by atoms with Crippen LogP contribution in [0.3, 0.4) is 0 Å². The van der Waals surface area contributed by atoms with E-state index in [0.717, 1.165) is 12.5 Å². The summed E-state index contributed by atoms with van der Waals surface area (Å²) in [6.07, 6.45) is 1.26. The molecular formula is C8H18N2O2S2. The first-order valence-electron chi connectivity index (χ1n) is 4.84. The van der Waals surface area contributed by atoms with Gasteiger partial charge in [-0.15, -0.1) is 0 Å². The number of sulfonamides is 1. The second-order valence-corrected chi connectivity index (χ2v) is 6.65. The van der Waals surface area contributed by atoms with Gasteiger partial charge in [0.05, 0.1) is 5.75 Å². The summed E-state index contributed by atoms with van der Waals surface area (Å²) < 4.78 is 24.4. The van der Waals surface area contributed by atoms with Gasteiger partial charge < -0.3 is 5.32 Å². The normalized spacial score (nSPS) is 22.8. The van der Waals surface area contributed by atoms with Crippen molar-refractivity contribution in [3.05, 3.63) is 0 Å². The maximum absolute atomic E-state index is 11.0. The summed E-state index contributed by atoms with van der Waals surface area (Å²) in [5.41, 5.74) is 0. The molecule has 0 radical (unpaired) electrons. The van der Waals surface area contributed by atoms with Gasteiger partial charge in [-0.3, -0.25) is 0 Å². The molecule has 0 aromatic carbocycles. The van der Waals surface area contributed by atoms with Crippen molar-refractivity contribution in [2.75, 3.05) is 37.4 Å². The molecule has 4 nitrogen and oxygen atoms in total. The highest BCUT2D eigenvalue weighted by atomic mass is 32.2. The average molecular weight is 238 g/mol. The number of rotatable bonds is 6. The van der Waals surface area contributed by atoms with Gasteiger partial charge in [0.2, 0.25) is 10.0 Å². The summed E-state index contributed by atoms with van der Waals surface area (Å²) in [6, 6.07) is 0. The average Bonchev–Trinajstić information content (AvgIpc) is 2.65. The molecule has 0 spiro atoms. The van der Waals surface area contributed by atoms with E-state index in [4.69, 9.17) is 0 Å². The Morgan fingerprint density at radius 1 is 1.50 bits per heavy atom. The highest BCUT2D eigenvalue weighted by Crippen LogP contribution is 2.22. The van der Waals surface area contributed by atoms with E-state index in [9.17, 15) is 8.42 Å². The molecule has 0 saturated carbocycles. The Morgan fingerprint density at radius 3 is 2.86 bits per heavy atom. The van der Waals surface area contributed by atoms with Crippen LogP contribution in [0.1, 0.15) is 6.42 Å². The highest BCUT2D eigenvalue weighted by molar-refractivity contribution is 7.99. The number of nitrogens with one attached hydrogen (secondary N) is 2. The zero-order chi connectivity index (χ0) is 10.4. The summed E-state index contributed by atoms with van der Waals surface area (Å²) in [5.74, 6) is 3.37. The molecule has 1 aliphatic rings. The molecular weight excluding hydrogens is 220 g/mol. The van der Waals surface area contributed by atoms with Crippen molar-refractivity contribution in [1.29, 1.82) is 0 Å². The summed E-state index contributed by atoms with van der Waals surface area (Å²) in [4.78, 5) is 0. The van der Waals surface area contributed by atoms with Crippen molar-refractivity contribution in [3.63, 3.8) is 0 Å². The summed E-state index contributed by atoms with van der Waals surface area (Å²) in [5, 5.41) is 3.19. The fraction of sp³-hybridized carbons (Fsp3) is 1.00. The maximum Gasteiger partial charge on any atom is 0.212 e. The topological polar surface area (TPSA) is 58.2 Å². The van der Waals surface area contributed by atoms with Crippen molar-refractivity contribution in [2.45, 2.75) is 6.42 Å². The molecule has 1 fully saturated rings. The minimum atomic E-state index is -3.03. The highest BCUT2D eigenvalue weighted by Gasteiger charge is 2.14. The second-order valence-electron chi connectivity index (χ2n) is 3.46. The molecule has 1 rings (SSSR count). The minimum absolute atomic E-state index is 0.170. The molecule has 1 atom stereocenters. The third-order valence-corrected chi connectivity index (χ3v) is 4.91. The van der Waals surface area contributed by atoms with Crippen molar-refractivity contribution < 1.29 is 8.42 Å². The maximum atomic E-state index is 11.0. The number of hydrogen-bond acceptors (Lipinski definition) is 4. The molecule has 14 heavy (non-hydrogen) atoms. The molecule has 1 unspecified atom stereocenters. The van der Waals surface area contributed by atoms with Crippen LogP contribution in [0.25, 0.3) is 0 Å². The van der Waals surface area contributed by atoms with Crippen molar-refractivity contribution in [1.82, 2.24) is 10.0 Å². The lowest BCUT2D eigenvalue weighted by Gasteiger charge is -2.09. The summed E-state index contributed by atoms with van der Waals surface area (Å²) in [7, 11) is -1.59. The van der Waals surface area contributed by atoms with Crippen LogP contribution in [0, 0.1) is 5.92 Å². The first-order chi connectivity index (χ1) is 6.64. The van der Waals surface area contributed by atoms with Crippen LogP contribution in [0.2, 0.25) is 0 Å². The number of thioether (sulfide) groups is 1. The Morgan fingerprint density at radius 2 is 2.29 bits per heavy atom. The van der Waals surface area contributed by atoms with Gasteiger partial charge in [-0.25, -0.2) is 13.1 Å². The Hall–Kier alpha value is 0.220. The third-order valence-electron chi connectivity index (χ3n) is 2.32. The molecule has 0 amide bonds. The van der Waals surface area contributed by atoms with Gasteiger partial charge in [0.1, 0.15) is 0 Å². The Labute approximate surface area is 90.3 Å². The SMILES string of the molecule is CNS(=O)(=O)CCNCC1CCSC1. The fourth-order valence-electron chi connectivity index (χ4n) is 1.36. The Kier molecular flexibility index (Phi) is 5.22. The molecule has 0 aromatic rings. The second kappa shape index (κ2) is 5.95. The molecule has 84 valence electrons. The molecule has 0 aromatic heterocycles. The first kappa shape index (κ1) is 12.3. The van der Waals surface area contributed by atoms with Gasteiger partial charge >= 0.3 is 0 Å². The molecule has 1 aliphatic heterocycles. The standard InChI is InChI=1S/C8H18N2O2S2/c1-9-14(11,12)5-3-10-6-8-2-4-13-7-8/h8-10H,2-7H2,1H3. The smallest absolute Gasteiger partial charge is 0.212 e. The van der Waals surface area contributed by atoms with Crippen LogP contribution in [0.5, 0.6) is 0 Å². The van der Waals surface area contributed by atoms with E-state index in [0.29, 0.717) is 6.54 Å². The van der Waals surface area contributed by atoms with Gasteiger partial charge in [-0.05, 0) is 37.4 Å². The lowest BCUT2D eigenvalue weighted by molar-refractivity contribution is 0.530. The third kappa shape index (κ3) is 4.63. The fourth-order valence-corrected chi connectivity index (χ4v) is 3.26. The van der Waals surface area contributed by atoms with Crippen LogP contribution in [0.15, 0.2) is 0 Å².